The molecule has 0 aromatic heterocycles. The highest BCUT2D eigenvalue weighted by molar-refractivity contribution is 4.99. The SMILES string of the molecule is CC1(C)CCC2(CC1(C)C)OOC1(CCC(C)(C)C(C)(C)C1)OO2. The molecule has 4 heteroatoms. The van der Waals surface area contributed by atoms with Crippen LogP contribution in [0.3, 0.4) is 0 Å². The standard InChI is InChI=1S/C20H36O4/c1-15(2)9-11-19(13-17(15,5)6)21-23-20(24-22-19)12-10-16(3,4)18(7,8)14-20/h9-14H2,1-8H3. The first-order chi connectivity index (χ1) is 10.7. The summed E-state index contributed by atoms with van der Waals surface area (Å²) in [4.78, 5) is 23.8. The molecule has 140 valence electrons. The topological polar surface area (TPSA) is 36.9 Å². The summed E-state index contributed by atoms with van der Waals surface area (Å²) in [5, 5.41) is 0. The van der Waals surface area contributed by atoms with Gasteiger partial charge in [-0.25, -0.2) is 0 Å². The van der Waals surface area contributed by atoms with E-state index < -0.39 is 11.6 Å². The predicted octanol–water partition coefficient (Wildman–Crippen LogP) is 5.76. The van der Waals surface area contributed by atoms with Crippen LogP contribution >= 0.6 is 0 Å². The largest absolute Gasteiger partial charge is 0.234 e. The quantitative estimate of drug-likeness (QED) is 0.525. The Kier molecular flexibility index (Phi) is 4.02. The van der Waals surface area contributed by atoms with E-state index in [1.54, 1.807) is 0 Å². The minimum atomic E-state index is -0.763. The lowest BCUT2D eigenvalue weighted by Gasteiger charge is -2.57. The van der Waals surface area contributed by atoms with Gasteiger partial charge >= 0.3 is 0 Å². The van der Waals surface area contributed by atoms with Gasteiger partial charge < -0.3 is 0 Å². The maximum Gasteiger partial charge on any atom is 0.234 e. The second kappa shape index (κ2) is 5.18. The summed E-state index contributed by atoms with van der Waals surface area (Å²) in [7, 11) is 0. The van der Waals surface area contributed by atoms with E-state index in [2.05, 4.69) is 55.4 Å². The van der Waals surface area contributed by atoms with Crippen molar-refractivity contribution in [2.75, 3.05) is 0 Å². The molecule has 0 aromatic carbocycles. The van der Waals surface area contributed by atoms with Gasteiger partial charge in [0.1, 0.15) is 0 Å². The smallest absolute Gasteiger partial charge is 0.195 e. The van der Waals surface area contributed by atoms with E-state index in [1.807, 2.05) is 0 Å². The first kappa shape index (κ1) is 18.6. The van der Waals surface area contributed by atoms with E-state index in [0.717, 1.165) is 38.5 Å². The van der Waals surface area contributed by atoms with Crippen LogP contribution in [0.2, 0.25) is 0 Å². The number of hydrogen-bond donors (Lipinski definition) is 0. The Bertz CT molecular complexity index is 450. The normalized spacial score (nSPS) is 35.0. The molecule has 0 aromatic rings. The minimum Gasteiger partial charge on any atom is -0.195 e. The van der Waals surface area contributed by atoms with Crippen molar-refractivity contribution in [1.82, 2.24) is 0 Å². The van der Waals surface area contributed by atoms with Gasteiger partial charge in [0.05, 0.1) is 0 Å². The molecule has 24 heavy (non-hydrogen) atoms. The monoisotopic (exact) mass is 340 g/mol. The first-order valence-electron chi connectivity index (χ1n) is 9.48. The van der Waals surface area contributed by atoms with Crippen LogP contribution in [-0.4, -0.2) is 11.6 Å². The van der Waals surface area contributed by atoms with E-state index in [4.69, 9.17) is 19.6 Å². The van der Waals surface area contributed by atoms with Crippen LogP contribution < -0.4 is 0 Å². The van der Waals surface area contributed by atoms with Gasteiger partial charge in [-0.2, -0.15) is 19.6 Å². The van der Waals surface area contributed by atoms with Crippen molar-refractivity contribution in [3.8, 4) is 0 Å². The summed E-state index contributed by atoms with van der Waals surface area (Å²) in [5.41, 5.74) is 0.681. The third kappa shape index (κ3) is 2.84. The summed E-state index contributed by atoms with van der Waals surface area (Å²) < 4.78 is 0. The van der Waals surface area contributed by atoms with Crippen molar-refractivity contribution in [1.29, 1.82) is 0 Å². The maximum atomic E-state index is 5.94. The zero-order valence-corrected chi connectivity index (χ0v) is 16.9. The first-order valence-corrected chi connectivity index (χ1v) is 9.48. The minimum absolute atomic E-state index is 0.0936. The predicted molar refractivity (Wildman–Crippen MR) is 92.6 cm³/mol. The molecule has 0 atom stereocenters. The Morgan fingerprint density at radius 1 is 0.417 bits per heavy atom. The highest BCUT2D eigenvalue weighted by atomic mass is 17.4. The summed E-state index contributed by atoms with van der Waals surface area (Å²) in [6.45, 7) is 18.4. The van der Waals surface area contributed by atoms with Crippen LogP contribution in [-0.2, 0) is 19.6 Å². The molecule has 2 saturated carbocycles. The Balaban J connectivity index is 1.71. The fourth-order valence-corrected chi connectivity index (χ4v) is 4.30. The fraction of sp³-hybridized carbons (Fsp3) is 1.00. The Morgan fingerprint density at radius 3 is 0.958 bits per heavy atom. The third-order valence-electron chi connectivity index (χ3n) is 8.04. The van der Waals surface area contributed by atoms with E-state index in [1.165, 1.54) is 0 Å². The fourth-order valence-electron chi connectivity index (χ4n) is 4.30. The van der Waals surface area contributed by atoms with E-state index in [0.29, 0.717) is 0 Å². The summed E-state index contributed by atoms with van der Waals surface area (Å²) >= 11 is 0. The number of rotatable bonds is 0. The molecule has 3 rings (SSSR count). The van der Waals surface area contributed by atoms with Crippen LogP contribution in [0.15, 0.2) is 0 Å². The second-order valence-corrected chi connectivity index (χ2v) is 11.0. The van der Waals surface area contributed by atoms with Gasteiger partial charge in [0, 0.05) is 25.7 Å². The van der Waals surface area contributed by atoms with Crippen LogP contribution in [0.4, 0.5) is 0 Å². The number of hydrogen-bond acceptors (Lipinski definition) is 4. The Morgan fingerprint density at radius 2 is 0.708 bits per heavy atom. The lowest BCUT2D eigenvalue weighted by molar-refractivity contribution is -0.669. The van der Waals surface area contributed by atoms with E-state index in [9.17, 15) is 0 Å². The molecule has 2 spiro atoms. The van der Waals surface area contributed by atoms with Crippen molar-refractivity contribution in [2.24, 2.45) is 21.7 Å². The summed E-state index contributed by atoms with van der Waals surface area (Å²) in [6.07, 6.45) is 5.20. The third-order valence-corrected chi connectivity index (χ3v) is 8.04. The van der Waals surface area contributed by atoms with Crippen LogP contribution in [0.5, 0.6) is 0 Å². The molecule has 0 N–H and O–H groups in total. The molecule has 3 aliphatic rings. The van der Waals surface area contributed by atoms with Crippen molar-refractivity contribution in [2.45, 2.75) is 105 Å². The van der Waals surface area contributed by atoms with Gasteiger partial charge in [-0.3, -0.25) is 0 Å². The molecular formula is C20H36O4. The van der Waals surface area contributed by atoms with Crippen molar-refractivity contribution in [3.05, 3.63) is 0 Å². The van der Waals surface area contributed by atoms with Crippen molar-refractivity contribution < 1.29 is 19.6 Å². The van der Waals surface area contributed by atoms with E-state index >= 15 is 0 Å². The van der Waals surface area contributed by atoms with Crippen molar-refractivity contribution >= 4 is 0 Å². The molecule has 0 amide bonds. The average Bonchev–Trinajstić information content (AvgIpc) is 2.43. The molecule has 3 fully saturated rings. The van der Waals surface area contributed by atoms with Gasteiger partial charge in [0.15, 0.2) is 0 Å². The zero-order valence-electron chi connectivity index (χ0n) is 16.9. The molecule has 1 aliphatic heterocycles. The highest BCUT2D eigenvalue weighted by Gasteiger charge is 2.60. The van der Waals surface area contributed by atoms with Gasteiger partial charge in [-0.1, -0.05) is 55.4 Å². The van der Waals surface area contributed by atoms with Crippen LogP contribution in [0.1, 0.15) is 93.9 Å². The Hall–Kier alpha value is -0.160. The molecule has 4 nitrogen and oxygen atoms in total. The van der Waals surface area contributed by atoms with Crippen molar-refractivity contribution in [3.63, 3.8) is 0 Å². The molecule has 0 bridgehead atoms. The molecule has 1 saturated heterocycles. The average molecular weight is 341 g/mol. The van der Waals surface area contributed by atoms with Gasteiger partial charge in [0.25, 0.3) is 0 Å². The molecule has 2 aliphatic carbocycles. The molecule has 1 heterocycles. The maximum absolute atomic E-state index is 5.94. The molecule has 0 radical (unpaired) electrons. The lowest BCUT2D eigenvalue weighted by Crippen LogP contribution is -2.59. The van der Waals surface area contributed by atoms with Gasteiger partial charge in [-0.15, -0.1) is 0 Å². The summed E-state index contributed by atoms with van der Waals surface area (Å²) in [6, 6.07) is 0. The lowest BCUT2D eigenvalue weighted by atomic mass is 9.58. The zero-order chi connectivity index (χ0) is 18.1. The van der Waals surface area contributed by atoms with Crippen LogP contribution in [0, 0.1) is 21.7 Å². The van der Waals surface area contributed by atoms with Gasteiger partial charge in [-0.05, 0) is 34.5 Å². The molecule has 0 unspecified atom stereocenters. The summed E-state index contributed by atoms with van der Waals surface area (Å²) in [5.74, 6) is -1.53. The Labute approximate surface area is 147 Å². The van der Waals surface area contributed by atoms with Crippen LogP contribution in [0.25, 0.3) is 0 Å². The van der Waals surface area contributed by atoms with Gasteiger partial charge in [0.2, 0.25) is 11.6 Å². The molecular weight excluding hydrogens is 304 g/mol. The second-order valence-electron chi connectivity index (χ2n) is 11.0. The van der Waals surface area contributed by atoms with E-state index in [-0.39, 0.29) is 21.7 Å². The highest BCUT2D eigenvalue weighted by Crippen LogP contribution is 2.59.